The fraction of sp³-hybridized carbons (Fsp3) is 0.267. The van der Waals surface area contributed by atoms with E-state index in [2.05, 4.69) is 32.7 Å². The number of hydrogen-bond donors (Lipinski definition) is 3. The minimum atomic E-state index is -4.48. The van der Waals surface area contributed by atoms with Gasteiger partial charge < -0.3 is 25.4 Å². The largest absolute Gasteiger partial charge is 0.416 e. The van der Waals surface area contributed by atoms with Gasteiger partial charge in [-0.05, 0) is 48.9 Å². The first-order valence-corrected chi connectivity index (χ1v) is 13.0. The number of aromatic nitrogens is 2. The smallest absolute Gasteiger partial charge is 0.378 e. The zero-order valence-corrected chi connectivity index (χ0v) is 21.9. The van der Waals surface area contributed by atoms with Gasteiger partial charge in [0.2, 0.25) is 0 Å². The lowest BCUT2D eigenvalue weighted by molar-refractivity contribution is -0.137. The molecule has 1 fully saturated rings. The highest BCUT2D eigenvalue weighted by atomic mass is 19.4. The fourth-order valence-corrected chi connectivity index (χ4v) is 4.59. The van der Waals surface area contributed by atoms with Crippen LogP contribution < -0.4 is 15.5 Å². The third-order valence-electron chi connectivity index (χ3n) is 6.74. The lowest BCUT2D eigenvalue weighted by Gasteiger charge is -2.29. The van der Waals surface area contributed by atoms with Crippen molar-refractivity contribution in [3.63, 3.8) is 0 Å². The molecule has 1 aliphatic rings. The van der Waals surface area contributed by atoms with E-state index in [-0.39, 0.29) is 11.6 Å². The zero-order valence-electron chi connectivity index (χ0n) is 21.9. The topological polar surface area (TPSA) is 82.5 Å². The second-order valence-electron chi connectivity index (χ2n) is 9.60. The molecule has 4 aromatic rings. The fourth-order valence-electron chi connectivity index (χ4n) is 4.59. The molecule has 3 aromatic carbocycles. The summed E-state index contributed by atoms with van der Waals surface area (Å²) in [6.07, 6.45) is -2.40. The molecular weight excluding hydrogens is 519 g/mol. The molecule has 208 valence electrons. The molecule has 0 radical (unpaired) electrons. The quantitative estimate of drug-likeness (QED) is 0.223. The van der Waals surface area contributed by atoms with Gasteiger partial charge >= 0.3 is 6.18 Å². The van der Waals surface area contributed by atoms with Crippen molar-refractivity contribution in [3.8, 4) is 11.3 Å². The van der Waals surface area contributed by atoms with E-state index in [1.807, 2.05) is 37.3 Å². The molecule has 1 aromatic heterocycles. The van der Waals surface area contributed by atoms with Crippen LogP contribution in [-0.4, -0.2) is 41.4 Å². The number of anilines is 3. The Morgan fingerprint density at radius 3 is 2.45 bits per heavy atom. The van der Waals surface area contributed by atoms with Crippen LogP contribution in [0.5, 0.6) is 0 Å². The molecule has 3 N–H and O–H groups in total. The normalized spacial score (nSPS) is 15.4. The van der Waals surface area contributed by atoms with E-state index >= 15 is 0 Å². The van der Waals surface area contributed by atoms with Crippen LogP contribution in [0.3, 0.4) is 0 Å². The summed E-state index contributed by atoms with van der Waals surface area (Å²) < 4.78 is 44.7. The van der Waals surface area contributed by atoms with Crippen molar-refractivity contribution in [1.29, 1.82) is 0 Å². The third kappa shape index (κ3) is 6.70. The summed E-state index contributed by atoms with van der Waals surface area (Å²) in [6, 6.07) is 20.0. The molecule has 0 bridgehead atoms. The molecule has 0 spiro atoms. The van der Waals surface area contributed by atoms with Gasteiger partial charge in [0.1, 0.15) is 5.82 Å². The molecule has 1 unspecified atom stereocenters. The summed E-state index contributed by atoms with van der Waals surface area (Å²) >= 11 is 0. The van der Waals surface area contributed by atoms with Crippen molar-refractivity contribution in [2.45, 2.75) is 25.4 Å². The Hall–Kier alpha value is -4.15. The molecule has 0 aliphatic carbocycles. The maximum Gasteiger partial charge on any atom is 0.416 e. The summed E-state index contributed by atoms with van der Waals surface area (Å²) in [5, 5.41) is 16.8. The SMILES string of the molecule is C[C@H](Nc1cncc(-c2cccc(N3CCOCC3)c2)n1)c1cccc(NC(O)c2cccc(C(F)(F)F)c2)c1. The molecule has 10 heteroatoms. The number of nitrogens with zero attached hydrogens (tertiary/aromatic N) is 3. The summed E-state index contributed by atoms with van der Waals surface area (Å²) in [4.78, 5) is 11.4. The molecule has 0 amide bonds. The van der Waals surface area contributed by atoms with Crippen LogP contribution >= 0.6 is 0 Å². The maximum absolute atomic E-state index is 13.1. The highest BCUT2D eigenvalue weighted by Crippen LogP contribution is 2.31. The Morgan fingerprint density at radius 2 is 1.65 bits per heavy atom. The number of halogens is 3. The van der Waals surface area contributed by atoms with Gasteiger partial charge in [0.25, 0.3) is 0 Å². The molecule has 2 heterocycles. The minimum absolute atomic E-state index is 0.121. The third-order valence-corrected chi connectivity index (χ3v) is 6.74. The van der Waals surface area contributed by atoms with Crippen LogP contribution in [0.2, 0.25) is 0 Å². The Bertz CT molecular complexity index is 1440. The lowest BCUT2D eigenvalue weighted by atomic mass is 10.1. The van der Waals surface area contributed by atoms with Crippen LogP contribution in [0.25, 0.3) is 11.3 Å². The van der Waals surface area contributed by atoms with Gasteiger partial charge in [-0.15, -0.1) is 0 Å². The first-order valence-electron chi connectivity index (χ1n) is 13.0. The monoisotopic (exact) mass is 549 g/mol. The number of ether oxygens (including phenoxy) is 1. The number of benzene rings is 3. The molecule has 0 saturated carbocycles. The van der Waals surface area contributed by atoms with Crippen LogP contribution in [-0.2, 0) is 10.9 Å². The van der Waals surface area contributed by atoms with Crippen molar-refractivity contribution in [2.24, 2.45) is 0 Å². The summed E-state index contributed by atoms with van der Waals surface area (Å²) in [7, 11) is 0. The van der Waals surface area contributed by atoms with Gasteiger partial charge in [-0.1, -0.05) is 36.4 Å². The Kier molecular flexibility index (Phi) is 8.18. The maximum atomic E-state index is 13.1. The second kappa shape index (κ2) is 11.9. The van der Waals surface area contributed by atoms with Gasteiger partial charge in [0.15, 0.2) is 6.23 Å². The number of aliphatic hydroxyl groups excluding tert-OH is 1. The number of aliphatic hydroxyl groups is 1. The highest BCUT2D eigenvalue weighted by molar-refractivity contribution is 5.66. The van der Waals surface area contributed by atoms with E-state index in [4.69, 9.17) is 9.72 Å². The Morgan fingerprint density at radius 1 is 0.900 bits per heavy atom. The zero-order chi connectivity index (χ0) is 28.1. The lowest BCUT2D eigenvalue weighted by Crippen LogP contribution is -2.36. The number of morpholine rings is 1. The number of nitrogens with one attached hydrogen (secondary N) is 2. The predicted molar refractivity (Wildman–Crippen MR) is 149 cm³/mol. The van der Waals surface area contributed by atoms with Gasteiger partial charge in [-0.25, -0.2) is 4.98 Å². The first kappa shape index (κ1) is 27.4. The van der Waals surface area contributed by atoms with E-state index in [0.717, 1.165) is 47.7 Å². The van der Waals surface area contributed by atoms with Crippen molar-refractivity contribution in [3.05, 3.63) is 102 Å². The van der Waals surface area contributed by atoms with E-state index in [1.54, 1.807) is 18.5 Å². The average molecular weight is 550 g/mol. The van der Waals surface area contributed by atoms with Gasteiger partial charge in [0, 0.05) is 35.6 Å². The predicted octanol–water partition coefficient (Wildman–Crippen LogP) is 6.28. The molecule has 40 heavy (non-hydrogen) atoms. The number of rotatable bonds is 8. The second-order valence-corrected chi connectivity index (χ2v) is 9.60. The van der Waals surface area contributed by atoms with Crippen molar-refractivity contribution < 1.29 is 23.0 Å². The minimum Gasteiger partial charge on any atom is -0.378 e. The van der Waals surface area contributed by atoms with E-state index in [0.29, 0.717) is 24.7 Å². The van der Waals surface area contributed by atoms with Crippen LogP contribution in [0.15, 0.2) is 85.2 Å². The Labute approximate surface area is 230 Å². The van der Waals surface area contributed by atoms with Crippen molar-refractivity contribution >= 4 is 17.2 Å². The molecule has 2 atom stereocenters. The summed E-state index contributed by atoms with van der Waals surface area (Å²) in [6.45, 7) is 5.08. The van der Waals surface area contributed by atoms with Crippen LogP contribution in [0.1, 0.15) is 35.9 Å². The molecule has 1 saturated heterocycles. The standard InChI is InChI=1S/C30H30F3N5O2/c1-20(21-5-3-9-25(16-21)36-29(39)23-7-2-8-24(15-23)30(31,32)33)35-28-19-34-18-27(37-28)22-6-4-10-26(17-22)38-11-13-40-14-12-38/h2-10,15-20,29,36,39H,11-14H2,1H3,(H,35,37)/t20-,29?/m0/s1. The average Bonchev–Trinajstić information content (AvgIpc) is 2.97. The van der Waals surface area contributed by atoms with E-state index in [1.165, 1.54) is 12.1 Å². The van der Waals surface area contributed by atoms with E-state index < -0.39 is 18.0 Å². The van der Waals surface area contributed by atoms with Gasteiger partial charge in [0.05, 0.1) is 42.9 Å². The Balaban J connectivity index is 1.27. The van der Waals surface area contributed by atoms with Gasteiger partial charge in [-0.3, -0.25) is 4.98 Å². The summed E-state index contributed by atoms with van der Waals surface area (Å²) in [5.41, 5.74) is 3.59. The molecule has 5 rings (SSSR count). The van der Waals surface area contributed by atoms with Crippen molar-refractivity contribution in [2.75, 3.05) is 41.8 Å². The van der Waals surface area contributed by atoms with Crippen LogP contribution in [0, 0.1) is 0 Å². The van der Waals surface area contributed by atoms with Crippen LogP contribution in [0.4, 0.5) is 30.4 Å². The van der Waals surface area contributed by atoms with Gasteiger partial charge in [-0.2, -0.15) is 13.2 Å². The van der Waals surface area contributed by atoms with E-state index in [9.17, 15) is 18.3 Å². The molecular formula is C30H30F3N5O2. The molecule has 1 aliphatic heterocycles. The van der Waals surface area contributed by atoms with Crippen molar-refractivity contribution in [1.82, 2.24) is 9.97 Å². The number of alkyl halides is 3. The molecule has 7 nitrogen and oxygen atoms in total. The first-order chi connectivity index (χ1) is 19.3. The highest BCUT2D eigenvalue weighted by Gasteiger charge is 2.30. The number of hydrogen-bond acceptors (Lipinski definition) is 7. The summed E-state index contributed by atoms with van der Waals surface area (Å²) in [5.74, 6) is 0.601.